The van der Waals surface area contributed by atoms with E-state index in [1.165, 1.54) is 0 Å². The first kappa shape index (κ1) is 9.30. The number of allylic oxidation sites excluding steroid dienone is 3. The molecule has 0 saturated heterocycles. The maximum absolute atomic E-state index is 12.3. The molecule has 10 heavy (non-hydrogen) atoms. The van der Waals surface area contributed by atoms with Gasteiger partial charge >= 0.3 is 0 Å². The van der Waals surface area contributed by atoms with Crippen molar-refractivity contribution in [3.8, 4) is 0 Å². The van der Waals surface area contributed by atoms with Gasteiger partial charge in [-0.2, -0.15) is 0 Å². The Kier molecular flexibility index (Phi) is 3.88. The van der Waals surface area contributed by atoms with E-state index in [2.05, 4.69) is 11.7 Å². The summed E-state index contributed by atoms with van der Waals surface area (Å²) < 4.78 is 24.4. The summed E-state index contributed by atoms with van der Waals surface area (Å²) >= 11 is 5.12. The second-order valence-electron chi connectivity index (χ2n) is 1.51. The number of hydrogen-bond acceptors (Lipinski definition) is 1. The van der Waals surface area contributed by atoms with Crippen LogP contribution in [0.4, 0.5) is 8.78 Å². The van der Waals surface area contributed by atoms with Gasteiger partial charge in [0.25, 0.3) is 0 Å². The third kappa shape index (κ3) is 2.73. The normalized spacial score (nSPS) is 14.6. The smallest absolute Gasteiger partial charge is 0.162 e. The molecule has 0 atom stereocenters. The molecule has 0 spiro atoms. The van der Waals surface area contributed by atoms with Crippen LogP contribution in [0.25, 0.3) is 0 Å². The fourth-order valence-corrected chi connectivity index (χ4v) is 0.350. The van der Waals surface area contributed by atoms with E-state index < -0.39 is 16.7 Å². The van der Waals surface area contributed by atoms with Crippen molar-refractivity contribution in [3.05, 3.63) is 22.9 Å². The van der Waals surface area contributed by atoms with Crippen LogP contribution in [0, 0.1) is 0 Å². The highest BCUT2D eigenvalue weighted by atomic mass is 35.5. The van der Waals surface area contributed by atoms with Crippen LogP contribution in [0.1, 0.15) is 6.92 Å². The van der Waals surface area contributed by atoms with Gasteiger partial charge in [-0.15, -0.1) is 0 Å². The van der Waals surface area contributed by atoms with Crippen molar-refractivity contribution in [3.63, 3.8) is 0 Å². The molecule has 0 aliphatic heterocycles. The lowest BCUT2D eigenvalue weighted by molar-refractivity contribution is 0.607. The van der Waals surface area contributed by atoms with E-state index in [0.717, 1.165) is 13.1 Å². The first-order valence-electron chi connectivity index (χ1n) is 2.43. The van der Waals surface area contributed by atoms with Gasteiger partial charge in [-0.3, -0.25) is 4.99 Å². The molecule has 0 rings (SSSR count). The van der Waals surface area contributed by atoms with E-state index in [4.69, 9.17) is 11.6 Å². The molecule has 0 aliphatic rings. The predicted octanol–water partition coefficient (Wildman–Crippen LogP) is 2.94. The van der Waals surface area contributed by atoms with Crippen molar-refractivity contribution in [1.82, 2.24) is 0 Å². The summed E-state index contributed by atoms with van der Waals surface area (Å²) in [4.78, 5) is 3.07. The second-order valence-corrected chi connectivity index (χ2v) is 1.89. The molecule has 0 unspecified atom stereocenters. The van der Waals surface area contributed by atoms with Gasteiger partial charge in [0.05, 0.1) is 6.20 Å². The first-order chi connectivity index (χ1) is 4.59. The minimum Gasteiger partial charge on any atom is -0.269 e. The van der Waals surface area contributed by atoms with Gasteiger partial charge in [0.1, 0.15) is 10.9 Å². The summed E-state index contributed by atoms with van der Waals surface area (Å²) in [6, 6.07) is 0. The van der Waals surface area contributed by atoms with Gasteiger partial charge in [-0.25, -0.2) is 8.78 Å². The third-order valence-corrected chi connectivity index (χ3v) is 1.16. The van der Waals surface area contributed by atoms with Gasteiger partial charge in [0.2, 0.25) is 0 Å². The van der Waals surface area contributed by atoms with Crippen LogP contribution in [0.3, 0.4) is 0 Å². The molecule has 0 amide bonds. The first-order valence-corrected chi connectivity index (χ1v) is 2.81. The molecule has 1 nitrogen and oxygen atoms in total. The number of aliphatic imine (C=N–C) groups is 1. The van der Waals surface area contributed by atoms with Crippen LogP contribution in [-0.2, 0) is 0 Å². The Morgan fingerprint density at radius 2 is 2.10 bits per heavy atom. The molecule has 0 saturated carbocycles. The largest absolute Gasteiger partial charge is 0.269 e. The van der Waals surface area contributed by atoms with Gasteiger partial charge in [0, 0.05) is 0 Å². The number of rotatable bonds is 2. The Bertz CT molecular complexity index is 192. The topological polar surface area (TPSA) is 12.4 Å². The molecule has 0 N–H and O–H groups in total. The lowest BCUT2D eigenvalue weighted by Gasteiger charge is -1.91. The van der Waals surface area contributed by atoms with E-state index in [1.54, 1.807) is 0 Å². The molecule has 56 valence electrons. The molecule has 0 aliphatic carbocycles. The molecular formula is C6H6ClF2N. The second kappa shape index (κ2) is 4.17. The zero-order chi connectivity index (χ0) is 8.15. The maximum Gasteiger partial charge on any atom is 0.162 e. The maximum atomic E-state index is 12.3. The zero-order valence-corrected chi connectivity index (χ0v) is 6.12. The number of halogens is 3. The van der Waals surface area contributed by atoms with Crippen LogP contribution in [0.2, 0.25) is 0 Å². The van der Waals surface area contributed by atoms with Gasteiger partial charge in [-0.1, -0.05) is 11.6 Å². The van der Waals surface area contributed by atoms with Crippen molar-refractivity contribution in [2.24, 2.45) is 4.99 Å². The quantitative estimate of drug-likeness (QED) is 0.441. The van der Waals surface area contributed by atoms with Gasteiger partial charge in [0.15, 0.2) is 5.83 Å². The van der Waals surface area contributed by atoms with Crippen molar-refractivity contribution in [2.75, 3.05) is 0 Å². The van der Waals surface area contributed by atoms with Crippen molar-refractivity contribution in [2.45, 2.75) is 6.92 Å². The van der Waals surface area contributed by atoms with Crippen molar-refractivity contribution in [1.29, 1.82) is 0 Å². The molecule has 4 heteroatoms. The molecule has 0 aromatic heterocycles. The van der Waals surface area contributed by atoms with E-state index in [9.17, 15) is 8.78 Å². The Morgan fingerprint density at radius 3 is 2.40 bits per heavy atom. The lowest BCUT2D eigenvalue weighted by atomic mass is 10.4. The fraction of sp³-hybridized carbons (Fsp3) is 0.167. The van der Waals surface area contributed by atoms with E-state index in [-0.39, 0.29) is 0 Å². The molecule has 0 fully saturated rings. The summed E-state index contributed by atoms with van der Waals surface area (Å²) in [5.41, 5.74) is 0. The number of hydrogen-bond donors (Lipinski definition) is 0. The Balaban J connectivity index is 4.51. The van der Waals surface area contributed by atoms with E-state index in [0.29, 0.717) is 0 Å². The van der Waals surface area contributed by atoms with Gasteiger partial charge in [-0.05, 0) is 13.6 Å². The van der Waals surface area contributed by atoms with Crippen molar-refractivity contribution >= 4 is 18.3 Å². The van der Waals surface area contributed by atoms with E-state index in [1.807, 2.05) is 0 Å². The minimum atomic E-state index is -0.920. The highest BCUT2D eigenvalue weighted by Crippen LogP contribution is 2.20. The molecule has 0 radical (unpaired) electrons. The summed E-state index contributed by atoms with van der Waals surface area (Å²) in [6.07, 6.45) is 0.741. The fourth-order valence-electron chi connectivity index (χ4n) is 0.301. The van der Waals surface area contributed by atoms with Crippen LogP contribution in [0.15, 0.2) is 27.9 Å². The van der Waals surface area contributed by atoms with Crippen LogP contribution >= 0.6 is 11.6 Å². The molecule has 0 bridgehead atoms. The predicted molar refractivity (Wildman–Crippen MR) is 38.4 cm³/mol. The average Bonchev–Trinajstić information content (AvgIpc) is 1.87. The highest BCUT2D eigenvalue weighted by molar-refractivity contribution is 6.31. The number of nitrogens with zero attached hydrogens (tertiary/aromatic N) is 1. The summed E-state index contributed by atoms with van der Waals surface area (Å²) in [6.45, 7) is 4.03. The minimum absolute atomic E-state index is 0.563. The zero-order valence-electron chi connectivity index (χ0n) is 5.37. The van der Waals surface area contributed by atoms with Crippen LogP contribution in [-0.4, -0.2) is 6.72 Å². The molecular weight excluding hydrogens is 160 g/mol. The molecule has 0 aromatic carbocycles. The monoisotopic (exact) mass is 165 g/mol. The summed E-state index contributed by atoms with van der Waals surface area (Å²) in [5, 5.41) is -0.563. The van der Waals surface area contributed by atoms with E-state index >= 15 is 0 Å². The SMILES string of the molecule is C=N/C=C(F)\C(Cl)=C(/C)F. The Morgan fingerprint density at radius 1 is 1.60 bits per heavy atom. The Labute approximate surface area is 62.7 Å². The molecule has 0 heterocycles. The third-order valence-electron chi connectivity index (χ3n) is 0.717. The van der Waals surface area contributed by atoms with Crippen LogP contribution in [0.5, 0.6) is 0 Å². The summed E-state index contributed by atoms with van der Waals surface area (Å²) in [5.74, 6) is -1.70. The highest BCUT2D eigenvalue weighted by Gasteiger charge is 2.03. The molecule has 0 aromatic rings. The average molecular weight is 166 g/mol. The van der Waals surface area contributed by atoms with Crippen LogP contribution < -0.4 is 0 Å². The lowest BCUT2D eigenvalue weighted by Crippen LogP contribution is -1.75. The standard InChI is InChI=1S/C6H6ClF2N/c1-4(8)6(7)5(9)3-10-2/h3H,2H2,1H3/b5-3+,6-4-. The summed E-state index contributed by atoms with van der Waals surface area (Å²) in [7, 11) is 0. The Hall–Kier alpha value is -0.700. The van der Waals surface area contributed by atoms with Gasteiger partial charge < -0.3 is 0 Å². The van der Waals surface area contributed by atoms with Crippen molar-refractivity contribution < 1.29 is 8.78 Å².